The van der Waals surface area contributed by atoms with Gasteiger partial charge in [-0.3, -0.25) is 4.79 Å². The Balaban J connectivity index is 2.50. The highest BCUT2D eigenvalue weighted by molar-refractivity contribution is 7.19. The molecule has 0 spiro atoms. The van der Waals surface area contributed by atoms with Crippen molar-refractivity contribution in [2.24, 2.45) is 5.73 Å². The maximum Gasteiger partial charge on any atom is 0.151 e. The number of thiophene rings is 1. The highest BCUT2D eigenvalue weighted by Crippen LogP contribution is 2.28. The first-order valence-electron chi connectivity index (χ1n) is 4.43. The molecule has 1 atom stereocenters. The molecule has 1 aromatic carbocycles. The van der Waals surface area contributed by atoms with Gasteiger partial charge in [0.15, 0.2) is 5.78 Å². The summed E-state index contributed by atoms with van der Waals surface area (Å²) < 4.78 is 1.18. The van der Waals surface area contributed by atoms with Crippen molar-refractivity contribution in [3.63, 3.8) is 0 Å². The number of carbonyl (C=O) groups excluding carboxylic acids is 1. The Kier molecular flexibility index (Phi) is 2.35. The highest BCUT2D eigenvalue weighted by atomic mass is 32.1. The second kappa shape index (κ2) is 3.52. The van der Waals surface area contributed by atoms with Crippen molar-refractivity contribution < 1.29 is 4.79 Å². The largest absolute Gasteiger partial charge is 0.317 e. The number of ketones is 1. The van der Waals surface area contributed by atoms with Crippen LogP contribution in [-0.4, -0.2) is 5.78 Å². The van der Waals surface area contributed by atoms with E-state index in [1.54, 1.807) is 11.3 Å². The van der Waals surface area contributed by atoms with Gasteiger partial charge in [0, 0.05) is 9.58 Å². The smallest absolute Gasteiger partial charge is 0.151 e. The third-order valence-corrected chi connectivity index (χ3v) is 3.39. The van der Waals surface area contributed by atoms with Crippen LogP contribution in [0.25, 0.3) is 10.1 Å². The van der Waals surface area contributed by atoms with Gasteiger partial charge in [0.1, 0.15) is 0 Å². The van der Waals surface area contributed by atoms with Gasteiger partial charge in [-0.25, -0.2) is 0 Å². The van der Waals surface area contributed by atoms with Gasteiger partial charge in [0.05, 0.1) is 6.04 Å². The molecule has 0 aliphatic carbocycles. The van der Waals surface area contributed by atoms with Gasteiger partial charge in [0.2, 0.25) is 0 Å². The summed E-state index contributed by atoms with van der Waals surface area (Å²) in [6.45, 7) is 1.52. The lowest BCUT2D eigenvalue weighted by Gasteiger charge is -2.02. The fraction of sp³-hybridized carbons (Fsp3) is 0.182. The van der Waals surface area contributed by atoms with Gasteiger partial charge in [-0.1, -0.05) is 18.2 Å². The molecule has 1 unspecified atom stereocenters. The van der Waals surface area contributed by atoms with Crippen LogP contribution in [0.5, 0.6) is 0 Å². The number of Topliss-reactive ketones (excluding diaryl/α,β-unsaturated/α-hetero) is 1. The van der Waals surface area contributed by atoms with E-state index in [9.17, 15) is 4.79 Å². The van der Waals surface area contributed by atoms with Crippen LogP contribution < -0.4 is 5.73 Å². The average molecular weight is 205 g/mol. The van der Waals surface area contributed by atoms with E-state index in [-0.39, 0.29) is 5.78 Å². The molecular formula is C11H11NOS. The van der Waals surface area contributed by atoms with Crippen LogP contribution >= 0.6 is 11.3 Å². The Bertz CT molecular complexity index is 442. The summed E-state index contributed by atoms with van der Waals surface area (Å²) in [6.07, 6.45) is 0. The fourth-order valence-electron chi connectivity index (χ4n) is 1.36. The predicted octanol–water partition coefficient (Wildman–Crippen LogP) is 2.49. The average Bonchev–Trinajstić information content (AvgIpc) is 2.59. The molecule has 1 aromatic heterocycles. The molecule has 0 amide bonds. The Morgan fingerprint density at radius 1 is 1.43 bits per heavy atom. The highest BCUT2D eigenvalue weighted by Gasteiger charge is 2.13. The summed E-state index contributed by atoms with van der Waals surface area (Å²) in [5.41, 5.74) is 5.76. The third-order valence-electron chi connectivity index (χ3n) is 2.19. The molecule has 2 rings (SSSR count). The third kappa shape index (κ3) is 1.56. The minimum atomic E-state index is -0.465. The summed E-state index contributed by atoms with van der Waals surface area (Å²) >= 11 is 1.59. The lowest BCUT2D eigenvalue weighted by molar-refractivity contribution is -0.118. The van der Waals surface area contributed by atoms with Crippen LogP contribution in [0.1, 0.15) is 17.8 Å². The monoisotopic (exact) mass is 205 g/mol. The van der Waals surface area contributed by atoms with Crippen molar-refractivity contribution in [2.75, 3.05) is 0 Å². The Morgan fingerprint density at radius 3 is 2.79 bits per heavy atom. The molecule has 0 bridgehead atoms. The van der Waals surface area contributed by atoms with E-state index < -0.39 is 6.04 Å². The summed E-state index contributed by atoms with van der Waals surface area (Å²) in [5, 5.41) is 1.16. The minimum absolute atomic E-state index is 0.0107. The van der Waals surface area contributed by atoms with E-state index in [0.29, 0.717) is 0 Å². The molecule has 0 aliphatic rings. The summed E-state index contributed by atoms with van der Waals surface area (Å²) in [5.74, 6) is 0.0107. The first-order chi connectivity index (χ1) is 6.68. The zero-order chi connectivity index (χ0) is 10.1. The van der Waals surface area contributed by atoms with Crippen molar-refractivity contribution in [3.05, 3.63) is 35.2 Å². The SMILES string of the molecule is CC(=O)C(N)c1cc2ccccc2s1. The minimum Gasteiger partial charge on any atom is -0.317 e. The van der Waals surface area contributed by atoms with Crippen molar-refractivity contribution in [1.82, 2.24) is 0 Å². The number of fused-ring (bicyclic) bond motifs is 1. The zero-order valence-corrected chi connectivity index (χ0v) is 8.67. The molecule has 0 aliphatic heterocycles. The maximum atomic E-state index is 11.1. The fourth-order valence-corrected chi connectivity index (χ4v) is 2.48. The van der Waals surface area contributed by atoms with Crippen LogP contribution in [0, 0.1) is 0 Å². The van der Waals surface area contributed by atoms with E-state index in [2.05, 4.69) is 0 Å². The quantitative estimate of drug-likeness (QED) is 0.818. The first-order valence-corrected chi connectivity index (χ1v) is 5.24. The van der Waals surface area contributed by atoms with Gasteiger partial charge in [-0.2, -0.15) is 0 Å². The standard InChI is InChI=1S/C11H11NOS/c1-7(13)11(12)10-6-8-4-2-3-5-9(8)14-10/h2-6,11H,12H2,1H3. The molecule has 2 N–H and O–H groups in total. The van der Waals surface area contributed by atoms with Crippen molar-refractivity contribution in [3.8, 4) is 0 Å². The molecular weight excluding hydrogens is 194 g/mol. The normalized spacial score (nSPS) is 13.0. The molecule has 2 aromatic rings. The Hall–Kier alpha value is -1.19. The molecule has 2 nitrogen and oxygen atoms in total. The topological polar surface area (TPSA) is 43.1 Å². The Morgan fingerprint density at radius 2 is 2.14 bits per heavy atom. The zero-order valence-electron chi connectivity index (χ0n) is 7.86. The molecule has 72 valence electrons. The number of rotatable bonds is 2. The second-order valence-corrected chi connectivity index (χ2v) is 4.39. The summed E-state index contributed by atoms with van der Waals surface area (Å²) in [7, 11) is 0. The van der Waals surface area contributed by atoms with Crippen molar-refractivity contribution >= 4 is 27.2 Å². The Labute approximate surface area is 86.3 Å². The van der Waals surface area contributed by atoms with Crippen LogP contribution in [0.3, 0.4) is 0 Å². The molecule has 14 heavy (non-hydrogen) atoms. The van der Waals surface area contributed by atoms with E-state index in [1.165, 1.54) is 11.6 Å². The number of carbonyl (C=O) groups is 1. The van der Waals surface area contributed by atoms with Crippen LogP contribution in [0.15, 0.2) is 30.3 Å². The molecule has 1 heterocycles. The second-order valence-electron chi connectivity index (χ2n) is 3.27. The van der Waals surface area contributed by atoms with Gasteiger partial charge in [-0.15, -0.1) is 11.3 Å². The summed E-state index contributed by atoms with van der Waals surface area (Å²) in [4.78, 5) is 12.0. The number of nitrogens with two attached hydrogens (primary N) is 1. The van der Waals surface area contributed by atoms with Gasteiger partial charge < -0.3 is 5.73 Å². The van der Waals surface area contributed by atoms with Gasteiger partial charge in [-0.05, 0) is 24.4 Å². The van der Waals surface area contributed by atoms with Crippen LogP contribution in [-0.2, 0) is 4.79 Å². The van der Waals surface area contributed by atoms with Gasteiger partial charge >= 0.3 is 0 Å². The molecule has 0 fully saturated rings. The van der Waals surface area contributed by atoms with E-state index in [0.717, 1.165) is 10.3 Å². The predicted molar refractivity (Wildman–Crippen MR) is 59.4 cm³/mol. The number of hydrogen-bond acceptors (Lipinski definition) is 3. The molecule has 0 saturated heterocycles. The lowest BCUT2D eigenvalue weighted by Crippen LogP contribution is -2.16. The van der Waals surface area contributed by atoms with Crippen molar-refractivity contribution in [2.45, 2.75) is 13.0 Å². The molecule has 3 heteroatoms. The molecule has 0 radical (unpaired) electrons. The lowest BCUT2D eigenvalue weighted by atomic mass is 10.1. The van der Waals surface area contributed by atoms with E-state index in [4.69, 9.17) is 5.73 Å². The summed E-state index contributed by atoms with van der Waals surface area (Å²) in [6, 6.07) is 9.57. The first kappa shape index (κ1) is 9.37. The van der Waals surface area contributed by atoms with Gasteiger partial charge in [0.25, 0.3) is 0 Å². The maximum absolute atomic E-state index is 11.1. The van der Waals surface area contributed by atoms with E-state index in [1.807, 2.05) is 30.3 Å². The van der Waals surface area contributed by atoms with Crippen LogP contribution in [0.2, 0.25) is 0 Å². The number of benzene rings is 1. The van der Waals surface area contributed by atoms with E-state index >= 15 is 0 Å². The van der Waals surface area contributed by atoms with Crippen molar-refractivity contribution in [1.29, 1.82) is 0 Å². The number of hydrogen-bond donors (Lipinski definition) is 1. The molecule has 0 saturated carbocycles. The van der Waals surface area contributed by atoms with Crippen LogP contribution in [0.4, 0.5) is 0 Å².